The van der Waals surface area contributed by atoms with E-state index in [0.29, 0.717) is 10.6 Å². The number of para-hydroxylation sites is 1. The highest BCUT2D eigenvalue weighted by molar-refractivity contribution is 6.34. The van der Waals surface area contributed by atoms with Gasteiger partial charge in [0.15, 0.2) is 0 Å². The Morgan fingerprint density at radius 3 is 2.94 bits per heavy atom. The van der Waals surface area contributed by atoms with Gasteiger partial charge in [0.1, 0.15) is 11.6 Å². The van der Waals surface area contributed by atoms with Gasteiger partial charge in [-0.3, -0.25) is 4.98 Å². The Morgan fingerprint density at radius 1 is 1.25 bits per heavy atom. The summed E-state index contributed by atoms with van der Waals surface area (Å²) in [5.41, 5.74) is 3.08. The van der Waals surface area contributed by atoms with Crippen LogP contribution in [0.25, 0.3) is 16.6 Å². The molecule has 1 aromatic carbocycles. The zero-order chi connectivity index (χ0) is 11.1. The van der Waals surface area contributed by atoms with E-state index in [-0.39, 0.29) is 0 Å². The van der Waals surface area contributed by atoms with Crippen molar-refractivity contribution < 1.29 is 0 Å². The van der Waals surface area contributed by atoms with Crippen molar-refractivity contribution in [1.29, 1.82) is 5.26 Å². The minimum Gasteiger partial charge on any atom is -0.312 e. The first kappa shape index (κ1) is 9.20. The van der Waals surface area contributed by atoms with Gasteiger partial charge in [-0.15, -0.1) is 0 Å². The predicted molar refractivity (Wildman–Crippen MR) is 62.4 cm³/mol. The third-order valence-electron chi connectivity index (χ3n) is 2.59. The van der Waals surface area contributed by atoms with Crippen LogP contribution in [0.1, 0.15) is 5.56 Å². The van der Waals surface area contributed by atoms with Crippen molar-refractivity contribution in [2.75, 3.05) is 0 Å². The maximum Gasteiger partial charge on any atom is 0.106 e. The summed E-state index contributed by atoms with van der Waals surface area (Å²) in [6, 6.07) is 9.52. The second-order valence-corrected chi connectivity index (χ2v) is 3.87. The number of fused-ring (bicyclic) bond motifs is 3. The van der Waals surface area contributed by atoms with Gasteiger partial charge in [0, 0.05) is 6.20 Å². The van der Waals surface area contributed by atoms with Crippen LogP contribution in [0.3, 0.4) is 0 Å². The summed E-state index contributed by atoms with van der Waals surface area (Å²) in [7, 11) is 0. The summed E-state index contributed by atoms with van der Waals surface area (Å²) in [6.07, 6.45) is 3.53. The van der Waals surface area contributed by atoms with Gasteiger partial charge >= 0.3 is 0 Å². The molecule has 3 aromatic rings. The van der Waals surface area contributed by atoms with Gasteiger partial charge in [-0.05, 0) is 18.2 Å². The highest BCUT2D eigenvalue weighted by Gasteiger charge is 2.07. The molecule has 0 amide bonds. The van der Waals surface area contributed by atoms with Crippen molar-refractivity contribution in [2.45, 2.75) is 0 Å². The third kappa shape index (κ3) is 1.11. The minimum absolute atomic E-state index is 0.617. The van der Waals surface area contributed by atoms with Crippen molar-refractivity contribution in [2.24, 2.45) is 0 Å². The van der Waals surface area contributed by atoms with Crippen LogP contribution in [0.4, 0.5) is 0 Å². The molecule has 0 radical (unpaired) electrons. The van der Waals surface area contributed by atoms with Crippen molar-refractivity contribution in [3.63, 3.8) is 0 Å². The normalized spacial score (nSPS) is 10.8. The van der Waals surface area contributed by atoms with Crippen LogP contribution < -0.4 is 0 Å². The van der Waals surface area contributed by atoms with Crippen LogP contribution in [0.5, 0.6) is 0 Å². The van der Waals surface area contributed by atoms with E-state index in [9.17, 15) is 0 Å². The fraction of sp³-hybridized carbons (Fsp3) is 0. The first-order valence-corrected chi connectivity index (χ1v) is 5.13. The monoisotopic (exact) mass is 227 g/mol. The van der Waals surface area contributed by atoms with Crippen LogP contribution in [0.2, 0.25) is 5.02 Å². The number of halogens is 1. The van der Waals surface area contributed by atoms with E-state index in [1.807, 2.05) is 22.7 Å². The molecule has 0 fully saturated rings. The predicted octanol–water partition coefficient (Wildman–Crippen LogP) is 3.01. The molecule has 0 bridgehead atoms. The molecule has 0 aliphatic rings. The Morgan fingerprint density at radius 2 is 2.12 bits per heavy atom. The van der Waals surface area contributed by atoms with Crippen LogP contribution in [-0.2, 0) is 0 Å². The summed E-state index contributed by atoms with van der Waals surface area (Å²) >= 11 is 6.06. The molecule has 0 N–H and O–H groups in total. The number of nitrogens with zero attached hydrogens (tertiary/aromatic N) is 3. The quantitative estimate of drug-likeness (QED) is 0.592. The first-order chi connectivity index (χ1) is 7.81. The summed E-state index contributed by atoms with van der Waals surface area (Å²) in [5, 5.41) is 9.55. The van der Waals surface area contributed by atoms with Crippen LogP contribution in [-0.4, -0.2) is 9.38 Å². The average Bonchev–Trinajstić information content (AvgIpc) is 2.72. The van der Waals surface area contributed by atoms with Crippen LogP contribution in [0, 0.1) is 11.3 Å². The largest absolute Gasteiger partial charge is 0.312 e. The first-order valence-electron chi connectivity index (χ1n) is 4.75. The summed E-state index contributed by atoms with van der Waals surface area (Å²) in [5.74, 6) is 0. The molecule has 0 aliphatic carbocycles. The van der Waals surface area contributed by atoms with Gasteiger partial charge in [-0.2, -0.15) is 5.26 Å². The maximum absolute atomic E-state index is 8.93. The molecular weight excluding hydrogens is 222 g/mol. The summed E-state index contributed by atoms with van der Waals surface area (Å²) < 4.78 is 1.92. The molecule has 3 rings (SSSR count). The van der Waals surface area contributed by atoms with Gasteiger partial charge < -0.3 is 4.40 Å². The number of benzene rings is 1. The SMILES string of the molecule is N#Cc1ccn2c1cnc1c(Cl)cccc12. The Labute approximate surface area is 96.5 Å². The lowest BCUT2D eigenvalue weighted by atomic mass is 10.3. The van der Waals surface area contributed by atoms with Crippen molar-refractivity contribution >= 4 is 28.2 Å². The zero-order valence-electron chi connectivity index (χ0n) is 8.18. The van der Waals surface area contributed by atoms with E-state index < -0.39 is 0 Å². The van der Waals surface area contributed by atoms with Crippen LogP contribution >= 0.6 is 11.6 Å². The molecule has 2 heterocycles. The fourth-order valence-corrected chi connectivity index (χ4v) is 2.05. The number of rotatable bonds is 0. The molecule has 16 heavy (non-hydrogen) atoms. The Balaban J connectivity index is 2.57. The smallest absolute Gasteiger partial charge is 0.106 e. The molecule has 76 valence electrons. The minimum atomic E-state index is 0.617. The highest BCUT2D eigenvalue weighted by atomic mass is 35.5. The lowest BCUT2D eigenvalue weighted by molar-refractivity contribution is 1.23. The summed E-state index contributed by atoms with van der Waals surface area (Å²) in [4.78, 5) is 4.29. The number of hydrogen-bond donors (Lipinski definition) is 0. The standard InChI is InChI=1S/C12H6ClN3/c13-9-2-1-3-10-12(9)15-7-11-8(6-14)4-5-16(10)11/h1-5,7H. The van der Waals surface area contributed by atoms with Gasteiger partial charge in [-0.25, -0.2) is 0 Å². The zero-order valence-corrected chi connectivity index (χ0v) is 8.94. The van der Waals surface area contributed by atoms with E-state index in [1.165, 1.54) is 0 Å². The van der Waals surface area contributed by atoms with E-state index in [2.05, 4.69) is 11.1 Å². The fourth-order valence-electron chi connectivity index (χ4n) is 1.83. The lowest BCUT2D eigenvalue weighted by Crippen LogP contribution is -1.90. The number of hydrogen-bond acceptors (Lipinski definition) is 2. The van der Waals surface area contributed by atoms with Gasteiger partial charge in [0.25, 0.3) is 0 Å². The van der Waals surface area contributed by atoms with Gasteiger partial charge in [0.2, 0.25) is 0 Å². The molecule has 0 aliphatic heterocycles. The molecule has 4 heteroatoms. The summed E-state index contributed by atoms with van der Waals surface area (Å²) in [6.45, 7) is 0. The molecule has 0 saturated heterocycles. The molecule has 0 atom stereocenters. The Bertz CT molecular complexity index is 737. The highest BCUT2D eigenvalue weighted by Crippen LogP contribution is 2.23. The molecule has 0 saturated carbocycles. The molecule has 0 unspecified atom stereocenters. The van der Waals surface area contributed by atoms with E-state index in [0.717, 1.165) is 16.6 Å². The van der Waals surface area contributed by atoms with E-state index in [1.54, 1.807) is 18.3 Å². The third-order valence-corrected chi connectivity index (χ3v) is 2.89. The topological polar surface area (TPSA) is 41.1 Å². The van der Waals surface area contributed by atoms with E-state index in [4.69, 9.17) is 16.9 Å². The van der Waals surface area contributed by atoms with Crippen LogP contribution in [0.15, 0.2) is 36.7 Å². The van der Waals surface area contributed by atoms with Gasteiger partial charge in [0.05, 0.1) is 27.8 Å². The molecule has 0 spiro atoms. The Hall–Kier alpha value is -2.05. The Kier molecular flexibility index (Phi) is 1.85. The second kappa shape index (κ2) is 3.22. The molecular formula is C12H6ClN3. The molecule has 2 aromatic heterocycles. The van der Waals surface area contributed by atoms with Gasteiger partial charge in [-0.1, -0.05) is 17.7 Å². The number of nitriles is 1. The van der Waals surface area contributed by atoms with Crippen molar-refractivity contribution in [1.82, 2.24) is 9.38 Å². The van der Waals surface area contributed by atoms with Crippen molar-refractivity contribution in [3.8, 4) is 6.07 Å². The number of aromatic nitrogens is 2. The lowest BCUT2D eigenvalue weighted by Gasteiger charge is -2.03. The average molecular weight is 228 g/mol. The van der Waals surface area contributed by atoms with E-state index >= 15 is 0 Å². The molecule has 3 nitrogen and oxygen atoms in total. The van der Waals surface area contributed by atoms with Crippen molar-refractivity contribution in [3.05, 3.63) is 47.2 Å². The second-order valence-electron chi connectivity index (χ2n) is 3.46. The maximum atomic E-state index is 8.93.